The molecule has 0 spiro atoms. The Balaban J connectivity index is 2.38. The van der Waals surface area contributed by atoms with Crippen LogP contribution in [0.15, 0.2) is 47.4 Å². The lowest BCUT2D eigenvalue weighted by molar-refractivity contribution is 0.409. The van der Waals surface area contributed by atoms with Crippen LogP contribution in [-0.4, -0.2) is 12.1 Å². The van der Waals surface area contributed by atoms with E-state index in [0.717, 1.165) is 5.56 Å². The van der Waals surface area contributed by atoms with E-state index in [4.69, 9.17) is 4.74 Å². The zero-order valence-electron chi connectivity index (χ0n) is 9.07. The lowest BCUT2D eigenvalue weighted by atomic mass is 10.1. The van der Waals surface area contributed by atoms with Crippen LogP contribution < -0.4 is 10.3 Å². The molecule has 0 fully saturated rings. The van der Waals surface area contributed by atoms with Crippen LogP contribution in [0.25, 0.3) is 0 Å². The first kappa shape index (κ1) is 10.5. The third-order valence-corrected chi connectivity index (χ3v) is 2.46. The number of hydrogen-bond donors (Lipinski definition) is 1. The zero-order chi connectivity index (χ0) is 11.4. The molecule has 2 aromatic rings. The SMILES string of the molecule is COc1cc[nH]c(=O)c1Cc1ccccc1. The maximum Gasteiger partial charge on any atom is 0.255 e. The molecule has 0 saturated carbocycles. The number of pyridine rings is 1. The average molecular weight is 215 g/mol. The maximum atomic E-state index is 11.7. The molecule has 3 nitrogen and oxygen atoms in total. The summed E-state index contributed by atoms with van der Waals surface area (Å²) in [5, 5.41) is 0. The number of aromatic amines is 1. The van der Waals surface area contributed by atoms with Crippen LogP contribution in [0.2, 0.25) is 0 Å². The fourth-order valence-electron chi connectivity index (χ4n) is 1.65. The van der Waals surface area contributed by atoms with Crippen LogP contribution in [0.1, 0.15) is 11.1 Å². The predicted molar refractivity (Wildman–Crippen MR) is 62.9 cm³/mol. The summed E-state index contributed by atoms with van der Waals surface area (Å²) in [7, 11) is 1.57. The van der Waals surface area contributed by atoms with E-state index in [1.54, 1.807) is 19.4 Å². The highest BCUT2D eigenvalue weighted by Crippen LogP contribution is 2.16. The lowest BCUT2D eigenvalue weighted by Crippen LogP contribution is -2.13. The maximum absolute atomic E-state index is 11.7. The molecule has 82 valence electrons. The third kappa shape index (κ3) is 2.14. The summed E-state index contributed by atoms with van der Waals surface area (Å²) in [6.07, 6.45) is 2.18. The van der Waals surface area contributed by atoms with Crippen molar-refractivity contribution in [2.75, 3.05) is 7.11 Å². The molecule has 0 aliphatic heterocycles. The molecule has 1 aromatic heterocycles. The summed E-state index contributed by atoms with van der Waals surface area (Å²) < 4.78 is 5.18. The van der Waals surface area contributed by atoms with Gasteiger partial charge in [0.2, 0.25) is 0 Å². The molecule has 0 aliphatic carbocycles. The summed E-state index contributed by atoms with van der Waals surface area (Å²) in [6.45, 7) is 0. The molecule has 0 bridgehead atoms. The van der Waals surface area contributed by atoms with Crippen molar-refractivity contribution in [2.45, 2.75) is 6.42 Å². The fraction of sp³-hybridized carbons (Fsp3) is 0.154. The minimum absolute atomic E-state index is 0.0943. The van der Waals surface area contributed by atoms with Crippen molar-refractivity contribution in [1.82, 2.24) is 4.98 Å². The van der Waals surface area contributed by atoms with Gasteiger partial charge in [-0.05, 0) is 11.6 Å². The van der Waals surface area contributed by atoms with Crippen LogP contribution in [-0.2, 0) is 6.42 Å². The van der Waals surface area contributed by atoms with E-state index in [1.165, 1.54) is 0 Å². The molecule has 2 rings (SSSR count). The number of H-pyrrole nitrogens is 1. The van der Waals surface area contributed by atoms with E-state index in [0.29, 0.717) is 17.7 Å². The quantitative estimate of drug-likeness (QED) is 0.850. The molecular formula is C13H13NO2. The van der Waals surface area contributed by atoms with E-state index < -0.39 is 0 Å². The summed E-state index contributed by atoms with van der Waals surface area (Å²) in [6, 6.07) is 11.6. The molecular weight excluding hydrogens is 202 g/mol. The molecule has 0 atom stereocenters. The van der Waals surface area contributed by atoms with E-state index in [-0.39, 0.29) is 5.56 Å². The Morgan fingerprint density at radius 3 is 2.62 bits per heavy atom. The Labute approximate surface area is 93.7 Å². The van der Waals surface area contributed by atoms with Gasteiger partial charge in [0.1, 0.15) is 5.75 Å². The van der Waals surface area contributed by atoms with Crippen LogP contribution in [0.5, 0.6) is 5.75 Å². The normalized spacial score (nSPS) is 10.1. The fourth-order valence-corrected chi connectivity index (χ4v) is 1.65. The second-order valence-corrected chi connectivity index (χ2v) is 3.52. The van der Waals surface area contributed by atoms with Crippen LogP contribution in [0.3, 0.4) is 0 Å². The summed E-state index contributed by atoms with van der Waals surface area (Å²) in [4.78, 5) is 14.3. The van der Waals surface area contributed by atoms with Crippen molar-refractivity contribution < 1.29 is 4.74 Å². The van der Waals surface area contributed by atoms with E-state index in [2.05, 4.69) is 4.98 Å². The number of ether oxygens (including phenoxy) is 1. The molecule has 0 aliphatic rings. The third-order valence-electron chi connectivity index (χ3n) is 2.46. The first-order chi connectivity index (χ1) is 7.81. The molecule has 0 unspecified atom stereocenters. The van der Waals surface area contributed by atoms with Crippen molar-refractivity contribution in [2.24, 2.45) is 0 Å². The number of rotatable bonds is 3. The van der Waals surface area contributed by atoms with Crippen LogP contribution in [0.4, 0.5) is 0 Å². The molecule has 3 heteroatoms. The van der Waals surface area contributed by atoms with Crippen molar-refractivity contribution in [3.8, 4) is 5.75 Å². The number of hydrogen-bond acceptors (Lipinski definition) is 2. The van der Waals surface area contributed by atoms with Gasteiger partial charge in [-0.2, -0.15) is 0 Å². The number of aromatic nitrogens is 1. The second-order valence-electron chi connectivity index (χ2n) is 3.52. The van der Waals surface area contributed by atoms with Gasteiger partial charge in [-0.1, -0.05) is 30.3 Å². The highest BCUT2D eigenvalue weighted by Gasteiger charge is 2.07. The van der Waals surface area contributed by atoms with Gasteiger partial charge >= 0.3 is 0 Å². The highest BCUT2D eigenvalue weighted by atomic mass is 16.5. The molecule has 0 amide bonds. The largest absolute Gasteiger partial charge is 0.496 e. The van der Waals surface area contributed by atoms with Crippen molar-refractivity contribution in [3.63, 3.8) is 0 Å². The Hall–Kier alpha value is -2.03. The number of methoxy groups -OCH3 is 1. The first-order valence-electron chi connectivity index (χ1n) is 5.09. The van der Waals surface area contributed by atoms with Crippen molar-refractivity contribution in [3.05, 3.63) is 64.1 Å². The minimum Gasteiger partial charge on any atom is -0.496 e. The van der Waals surface area contributed by atoms with Gasteiger partial charge in [0.25, 0.3) is 5.56 Å². The van der Waals surface area contributed by atoms with E-state index in [9.17, 15) is 4.79 Å². The molecule has 1 heterocycles. The Morgan fingerprint density at radius 1 is 1.19 bits per heavy atom. The van der Waals surface area contributed by atoms with Crippen molar-refractivity contribution in [1.29, 1.82) is 0 Å². The Kier molecular flexibility index (Phi) is 3.05. The summed E-state index contributed by atoms with van der Waals surface area (Å²) >= 11 is 0. The summed E-state index contributed by atoms with van der Waals surface area (Å²) in [5.41, 5.74) is 1.66. The summed E-state index contributed by atoms with van der Waals surface area (Å²) in [5.74, 6) is 0.632. The minimum atomic E-state index is -0.0943. The number of nitrogens with one attached hydrogen (secondary N) is 1. The lowest BCUT2D eigenvalue weighted by Gasteiger charge is -2.06. The van der Waals surface area contributed by atoms with Crippen LogP contribution in [0, 0.1) is 0 Å². The second kappa shape index (κ2) is 4.66. The van der Waals surface area contributed by atoms with Gasteiger partial charge in [-0.3, -0.25) is 4.79 Å². The number of benzene rings is 1. The van der Waals surface area contributed by atoms with Gasteiger partial charge < -0.3 is 9.72 Å². The molecule has 0 saturated heterocycles. The monoisotopic (exact) mass is 215 g/mol. The van der Waals surface area contributed by atoms with Gasteiger partial charge in [0.05, 0.1) is 12.7 Å². The first-order valence-corrected chi connectivity index (χ1v) is 5.09. The highest BCUT2D eigenvalue weighted by molar-refractivity contribution is 5.34. The van der Waals surface area contributed by atoms with Gasteiger partial charge in [0.15, 0.2) is 0 Å². The van der Waals surface area contributed by atoms with Gasteiger partial charge in [0, 0.05) is 12.6 Å². The van der Waals surface area contributed by atoms with E-state index in [1.807, 2.05) is 30.3 Å². The smallest absolute Gasteiger partial charge is 0.255 e. The Bertz CT molecular complexity index is 517. The molecule has 1 aromatic carbocycles. The average Bonchev–Trinajstić information content (AvgIpc) is 2.33. The van der Waals surface area contributed by atoms with E-state index >= 15 is 0 Å². The molecule has 16 heavy (non-hydrogen) atoms. The molecule has 1 N–H and O–H groups in total. The predicted octanol–water partition coefficient (Wildman–Crippen LogP) is 1.97. The Morgan fingerprint density at radius 2 is 1.94 bits per heavy atom. The zero-order valence-corrected chi connectivity index (χ0v) is 9.07. The van der Waals surface area contributed by atoms with Crippen molar-refractivity contribution >= 4 is 0 Å². The molecule has 0 radical (unpaired) electrons. The standard InChI is InChI=1S/C13H13NO2/c1-16-12-7-8-14-13(15)11(12)9-10-5-3-2-4-6-10/h2-8H,9H2,1H3,(H,14,15). The van der Waals surface area contributed by atoms with Gasteiger partial charge in [-0.15, -0.1) is 0 Å². The van der Waals surface area contributed by atoms with Gasteiger partial charge in [-0.25, -0.2) is 0 Å². The van der Waals surface area contributed by atoms with Crippen LogP contribution >= 0.6 is 0 Å². The topological polar surface area (TPSA) is 42.1 Å².